The van der Waals surface area contributed by atoms with Crippen LogP contribution in [0.1, 0.15) is 24.2 Å². The summed E-state index contributed by atoms with van der Waals surface area (Å²) >= 11 is 10.5. The molecule has 0 unspecified atom stereocenters. The first-order valence-corrected chi connectivity index (χ1v) is 13.6. The third kappa shape index (κ3) is 5.55. The van der Waals surface area contributed by atoms with E-state index in [2.05, 4.69) is 10.3 Å². The molecule has 0 aliphatic heterocycles. The largest absolute Gasteiger partial charge is 0.494 e. The minimum absolute atomic E-state index is 0.153. The van der Waals surface area contributed by atoms with Crippen molar-refractivity contribution < 1.29 is 19.1 Å². The number of esters is 1. The van der Waals surface area contributed by atoms with Crippen molar-refractivity contribution in [2.75, 3.05) is 24.3 Å². The molecule has 0 fully saturated rings. The molecule has 2 heterocycles. The van der Waals surface area contributed by atoms with E-state index in [1.54, 1.807) is 18.4 Å². The number of fused-ring (bicyclic) bond motifs is 1. The lowest BCUT2D eigenvalue weighted by Gasteiger charge is -2.09. The molecule has 0 radical (unpaired) electrons. The normalized spacial score (nSPS) is 10.9. The third-order valence-corrected chi connectivity index (χ3v) is 8.05. The number of halogens is 1. The average Bonchev–Trinajstić information content (AvgIpc) is 3.42. The Hall–Kier alpha value is -2.59. The molecule has 1 N–H and O–H groups in total. The van der Waals surface area contributed by atoms with Gasteiger partial charge in [-0.05, 0) is 38.1 Å². The Balaban J connectivity index is 1.50. The van der Waals surface area contributed by atoms with E-state index in [1.807, 2.05) is 43.3 Å². The number of hydrogen-bond donors (Lipinski definition) is 1. The molecule has 0 aliphatic carbocycles. The van der Waals surface area contributed by atoms with Crippen molar-refractivity contribution in [2.24, 2.45) is 0 Å². The molecule has 0 spiro atoms. The Morgan fingerprint density at radius 1 is 1.12 bits per heavy atom. The number of ether oxygens (including phenoxy) is 2. The van der Waals surface area contributed by atoms with Gasteiger partial charge in [-0.2, -0.15) is 0 Å². The average molecular weight is 533 g/mol. The lowest BCUT2D eigenvalue weighted by Crippen LogP contribution is -2.16. The summed E-state index contributed by atoms with van der Waals surface area (Å²) in [6.07, 6.45) is 0. The number of aromatic nitrogens is 1. The number of nitrogens with zero attached hydrogens (tertiary/aromatic N) is 1. The van der Waals surface area contributed by atoms with Crippen LogP contribution in [0.5, 0.6) is 5.75 Å². The second kappa shape index (κ2) is 11.2. The summed E-state index contributed by atoms with van der Waals surface area (Å²) in [5, 5.41) is 5.62. The quantitative estimate of drug-likeness (QED) is 0.185. The fraction of sp³-hybridized carbons (Fsp3) is 0.208. The van der Waals surface area contributed by atoms with Crippen LogP contribution in [0.4, 0.5) is 5.00 Å². The molecule has 0 saturated carbocycles. The molecular formula is C24H21ClN2O4S3. The predicted molar refractivity (Wildman–Crippen MR) is 141 cm³/mol. The van der Waals surface area contributed by atoms with Crippen molar-refractivity contribution in [3.63, 3.8) is 0 Å². The zero-order valence-corrected chi connectivity index (χ0v) is 21.6. The van der Waals surface area contributed by atoms with E-state index in [1.165, 1.54) is 34.4 Å². The van der Waals surface area contributed by atoms with Gasteiger partial charge in [0.1, 0.15) is 16.3 Å². The summed E-state index contributed by atoms with van der Waals surface area (Å²) in [6, 6.07) is 13.0. The van der Waals surface area contributed by atoms with Crippen LogP contribution in [0.2, 0.25) is 5.02 Å². The standard InChI is InChI=1S/C24H21ClN2O4S3/c1-3-30-14-9-10-18-19(11-14)34-24(26-18)33-13-20(28)27-22-21(23(29)31-4-2)16(12-32-22)15-7-5-6-8-17(15)25/h5-12H,3-4,13H2,1-2H3,(H,27,28). The van der Waals surface area contributed by atoms with E-state index in [0.717, 1.165) is 20.3 Å². The highest BCUT2D eigenvalue weighted by Gasteiger charge is 2.24. The lowest BCUT2D eigenvalue weighted by atomic mass is 10.0. The van der Waals surface area contributed by atoms with Crippen LogP contribution in [0.15, 0.2) is 52.2 Å². The van der Waals surface area contributed by atoms with Gasteiger partial charge in [-0.3, -0.25) is 4.79 Å². The number of nitrogens with one attached hydrogen (secondary N) is 1. The molecular weight excluding hydrogens is 512 g/mol. The van der Waals surface area contributed by atoms with E-state index in [4.69, 9.17) is 21.1 Å². The number of carbonyl (C=O) groups excluding carboxylic acids is 2. The molecule has 4 aromatic rings. The Labute approximate surface area is 214 Å². The molecule has 1 amide bonds. The second-order valence-electron chi connectivity index (χ2n) is 6.93. The van der Waals surface area contributed by atoms with Crippen LogP contribution in [0.25, 0.3) is 21.3 Å². The van der Waals surface area contributed by atoms with Gasteiger partial charge in [0, 0.05) is 21.5 Å². The smallest absolute Gasteiger partial charge is 0.341 e. The maximum atomic E-state index is 12.7. The summed E-state index contributed by atoms with van der Waals surface area (Å²) in [5.41, 5.74) is 2.51. The number of carbonyl (C=O) groups is 2. The highest BCUT2D eigenvalue weighted by molar-refractivity contribution is 8.01. The van der Waals surface area contributed by atoms with Crippen molar-refractivity contribution in [1.82, 2.24) is 4.98 Å². The molecule has 0 bridgehead atoms. The summed E-state index contributed by atoms with van der Waals surface area (Å²) in [4.78, 5) is 30.0. The monoisotopic (exact) mass is 532 g/mol. The zero-order chi connectivity index (χ0) is 24.1. The van der Waals surface area contributed by atoms with E-state index in [0.29, 0.717) is 33.3 Å². The van der Waals surface area contributed by atoms with Gasteiger partial charge < -0.3 is 14.8 Å². The number of benzene rings is 2. The number of anilines is 1. The summed E-state index contributed by atoms with van der Waals surface area (Å²) in [5.74, 6) is 0.210. The minimum atomic E-state index is -0.502. The lowest BCUT2D eigenvalue weighted by molar-refractivity contribution is -0.113. The SMILES string of the molecule is CCOC(=O)c1c(-c2ccccc2Cl)csc1NC(=O)CSc1nc2ccc(OCC)cc2s1. The predicted octanol–water partition coefficient (Wildman–Crippen LogP) is 6.98. The molecule has 2 aromatic carbocycles. The number of thioether (sulfide) groups is 1. The molecule has 0 saturated heterocycles. The summed E-state index contributed by atoms with van der Waals surface area (Å²) in [7, 11) is 0. The number of thiazole rings is 1. The number of amides is 1. The Bertz CT molecular complexity index is 1340. The van der Waals surface area contributed by atoms with E-state index >= 15 is 0 Å². The number of rotatable bonds is 9. The molecule has 4 rings (SSSR count). The van der Waals surface area contributed by atoms with Crippen LogP contribution in [0.3, 0.4) is 0 Å². The van der Waals surface area contributed by atoms with Gasteiger partial charge in [-0.1, -0.05) is 41.6 Å². The van der Waals surface area contributed by atoms with Gasteiger partial charge in [-0.25, -0.2) is 9.78 Å². The molecule has 6 nitrogen and oxygen atoms in total. The van der Waals surface area contributed by atoms with Crippen molar-refractivity contribution >= 4 is 73.1 Å². The molecule has 0 aliphatic rings. The van der Waals surface area contributed by atoms with Crippen molar-refractivity contribution in [3.8, 4) is 16.9 Å². The third-order valence-electron chi connectivity index (χ3n) is 4.67. The maximum absolute atomic E-state index is 12.7. The zero-order valence-electron chi connectivity index (χ0n) is 18.4. The van der Waals surface area contributed by atoms with Crippen molar-refractivity contribution in [3.05, 3.63) is 58.4 Å². The molecule has 0 atom stereocenters. The fourth-order valence-corrected chi connectivity index (χ4v) is 6.32. The van der Waals surface area contributed by atoms with Gasteiger partial charge in [-0.15, -0.1) is 22.7 Å². The number of hydrogen-bond acceptors (Lipinski definition) is 8. The highest BCUT2D eigenvalue weighted by Crippen LogP contribution is 2.39. The van der Waals surface area contributed by atoms with Crippen molar-refractivity contribution in [1.29, 1.82) is 0 Å². The van der Waals surface area contributed by atoms with Crippen molar-refractivity contribution in [2.45, 2.75) is 18.2 Å². The molecule has 10 heteroatoms. The van der Waals surface area contributed by atoms with Crippen LogP contribution < -0.4 is 10.1 Å². The minimum Gasteiger partial charge on any atom is -0.494 e. The highest BCUT2D eigenvalue weighted by atomic mass is 35.5. The Morgan fingerprint density at radius 2 is 1.94 bits per heavy atom. The van der Waals surface area contributed by atoms with E-state index < -0.39 is 5.97 Å². The topological polar surface area (TPSA) is 77.5 Å². The Morgan fingerprint density at radius 3 is 2.71 bits per heavy atom. The van der Waals surface area contributed by atoms with Crippen LogP contribution in [-0.4, -0.2) is 35.8 Å². The van der Waals surface area contributed by atoms with Crippen LogP contribution >= 0.6 is 46.0 Å². The van der Waals surface area contributed by atoms with Gasteiger partial charge in [0.25, 0.3) is 0 Å². The molecule has 34 heavy (non-hydrogen) atoms. The maximum Gasteiger partial charge on any atom is 0.341 e. The van der Waals surface area contributed by atoms with Gasteiger partial charge >= 0.3 is 5.97 Å². The summed E-state index contributed by atoms with van der Waals surface area (Å²) < 4.78 is 12.6. The first kappa shape index (κ1) is 24.5. The van der Waals surface area contributed by atoms with E-state index in [-0.39, 0.29) is 18.3 Å². The second-order valence-corrected chi connectivity index (χ2v) is 10.5. The summed E-state index contributed by atoms with van der Waals surface area (Å²) in [6.45, 7) is 4.50. The Kier molecular flexibility index (Phi) is 8.10. The van der Waals surface area contributed by atoms with Crippen LogP contribution in [0, 0.1) is 0 Å². The fourth-order valence-electron chi connectivity index (χ4n) is 3.23. The van der Waals surface area contributed by atoms with Gasteiger partial charge in [0.15, 0.2) is 4.34 Å². The van der Waals surface area contributed by atoms with E-state index in [9.17, 15) is 9.59 Å². The first-order valence-electron chi connectivity index (χ1n) is 10.5. The number of thiophene rings is 1. The molecule has 2 aromatic heterocycles. The molecule has 176 valence electrons. The van der Waals surface area contributed by atoms with Gasteiger partial charge in [0.2, 0.25) is 5.91 Å². The first-order chi connectivity index (χ1) is 16.5. The van der Waals surface area contributed by atoms with Crippen LogP contribution in [-0.2, 0) is 9.53 Å². The van der Waals surface area contributed by atoms with Gasteiger partial charge in [0.05, 0.1) is 29.2 Å².